The largest absolute Gasteiger partial charge is 0.314 e. The first-order valence-electron chi connectivity index (χ1n) is 6.24. The molecule has 2 atom stereocenters. The van der Waals surface area contributed by atoms with Crippen molar-refractivity contribution in [2.75, 3.05) is 6.54 Å². The molecule has 0 saturated carbocycles. The zero-order valence-electron chi connectivity index (χ0n) is 9.84. The van der Waals surface area contributed by atoms with E-state index in [-0.39, 0.29) is 0 Å². The maximum Gasteiger partial charge on any atom is 0.0285 e. The van der Waals surface area contributed by atoms with E-state index >= 15 is 0 Å². The van der Waals surface area contributed by atoms with Gasteiger partial charge in [-0.1, -0.05) is 13.3 Å². The fourth-order valence-electron chi connectivity index (χ4n) is 2.49. The molecule has 2 unspecified atom stereocenters. The Bertz CT molecular complexity index is 323. The third-order valence-electron chi connectivity index (χ3n) is 3.54. The number of halogens is 1. The highest BCUT2D eigenvalue weighted by molar-refractivity contribution is 9.10. The maximum atomic E-state index is 3.65. The molecule has 0 spiro atoms. The van der Waals surface area contributed by atoms with Crippen LogP contribution in [0, 0.1) is 5.92 Å². The number of hydrogen-bond acceptors (Lipinski definition) is 2. The molecule has 1 nitrogen and oxygen atoms in total. The SMILES string of the molecule is CCC1CCNC(CCc2cc(Br)cs2)C1. The van der Waals surface area contributed by atoms with Crippen molar-refractivity contribution in [2.45, 2.75) is 45.1 Å². The highest BCUT2D eigenvalue weighted by atomic mass is 79.9. The van der Waals surface area contributed by atoms with E-state index in [2.05, 4.69) is 39.6 Å². The zero-order chi connectivity index (χ0) is 11.4. The lowest BCUT2D eigenvalue weighted by Gasteiger charge is -2.29. The standard InChI is InChI=1S/C13H20BrNS/c1-2-10-5-6-15-12(7-10)3-4-13-8-11(14)9-16-13/h8-10,12,15H,2-7H2,1H3. The summed E-state index contributed by atoms with van der Waals surface area (Å²) < 4.78 is 1.23. The number of hydrogen-bond donors (Lipinski definition) is 1. The van der Waals surface area contributed by atoms with Crippen molar-refractivity contribution in [3.8, 4) is 0 Å². The highest BCUT2D eigenvalue weighted by Crippen LogP contribution is 2.25. The summed E-state index contributed by atoms with van der Waals surface area (Å²) in [4.78, 5) is 1.51. The molecule has 3 heteroatoms. The maximum absolute atomic E-state index is 3.65. The van der Waals surface area contributed by atoms with Crippen molar-refractivity contribution in [1.82, 2.24) is 5.32 Å². The van der Waals surface area contributed by atoms with Gasteiger partial charge in [-0.05, 0) is 60.1 Å². The minimum Gasteiger partial charge on any atom is -0.314 e. The average Bonchev–Trinajstić information content (AvgIpc) is 2.73. The lowest BCUT2D eigenvalue weighted by Crippen LogP contribution is -2.38. The normalized spacial score (nSPS) is 25.9. The van der Waals surface area contributed by atoms with Crippen LogP contribution in [0.3, 0.4) is 0 Å². The van der Waals surface area contributed by atoms with E-state index in [1.54, 1.807) is 0 Å². The molecule has 0 aliphatic carbocycles. The van der Waals surface area contributed by atoms with Crippen LogP contribution in [-0.2, 0) is 6.42 Å². The summed E-state index contributed by atoms with van der Waals surface area (Å²) in [5.41, 5.74) is 0. The number of aryl methyl sites for hydroxylation is 1. The van der Waals surface area contributed by atoms with Crippen LogP contribution in [0.1, 0.15) is 37.5 Å². The van der Waals surface area contributed by atoms with Gasteiger partial charge in [-0.25, -0.2) is 0 Å². The molecule has 0 radical (unpaired) electrons. The first-order valence-corrected chi connectivity index (χ1v) is 7.91. The number of piperidine rings is 1. The Morgan fingerprint density at radius 1 is 1.56 bits per heavy atom. The van der Waals surface area contributed by atoms with Gasteiger partial charge in [0.05, 0.1) is 0 Å². The molecule has 1 aromatic heterocycles. The van der Waals surface area contributed by atoms with Crippen molar-refractivity contribution >= 4 is 27.3 Å². The van der Waals surface area contributed by atoms with Crippen molar-refractivity contribution in [3.63, 3.8) is 0 Å². The Balaban J connectivity index is 1.77. The first kappa shape index (κ1) is 12.6. The monoisotopic (exact) mass is 301 g/mol. The highest BCUT2D eigenvalue weighted by Gasteiger charge is 2.19. The number of nitrogens with one attached hydrogen (secondary N) is 1. The predicted octanol–water partition coefficient (Wildman–Crippen LogP) is 4.22. The van der Waals surface area contributed by atoms with E-state index < -0.39 is 0 Å². The molecule has 2 heterocycles. The van der Waals surface area contributed by atoms with Crippen LogP contribution in [0.15, 0.2) is 15.9 Å². The molecule has 0 bridgehead atoms. The van der Waals surface area contributed by atoms with Gasteiger partial charge in [0.2, 0.25) is 0 Å². The predicted molar refractivity (Wildman–Crippen MR) is 75.1 cm³/mol. The molecular formula is C13H20BrNS. The molecule has 1 N–H and O–H groups in total. The Morgan fingerprint density at radius 2 is 2.44 bits per heavy atom. The summed E-state index contributed by atoms with van der Waals surface area (Å²) in [6.45, 7) is 3.54. The second-order valence-corrected chi connectivity index (χ2v) is 6.63. The molecule has 1 aliphatic heterocycles. The molecule has 0 aromatic carbocycles. The Morgan fingerprint density at radius 3 is 3.12 bits per heavy atom. The second kappa shape index (κ2) is 6.18. The van der Waals surface area contributed by atoms with Crippen molar-refractivity contribution < 1.29 is 0 Å². The molecule has 2 rings (SSSR count). The fraction of sp³-hybridized carbons (Fsp3) is 0.692. The number of thiophene rings is 1. The van der Waals surface area contributed by atoms with Gasteiger partial charge in [0.25, 0.3) is 0 Å². The average molecular weight is 302 g/mol. The van der Waals surface area contributed by atoms with Gasteiger partial charge in [0.1, 0.15) is 0 Å². The summed E-state index contributed by atoms with van der Waals surface area (Å²) in [5.74, 6) is 0.960. The lowest BCUT2D eigenvalue weighted by atomic mass is 9.88. The van der Waals surface area contributed by atoms with Gasteiger partial charge >= 0.3 is 0 Å². The molecule has 16 heavy (non-hydrogen) atoms. The van der Waals surface area contributed by atoms with Crippen LogP contribution in [0.5, 0.6) is 0 Å². The lowest BCUT2D eigenvalue weighted by molar-refractivity contribution is 0.285. The summed E-state index contributed by atoms with van der Waals surface area (Å²) >= 11 is 5.38. The third-order valence-corrected chi connectivity index (χ3v) is 5.30. The first-order chi connectivity index (χ1) is 7.78. The van der Waals surface area contributed by atoms with Crippen molar-refractivity contribution in [1.29, 1.82) is 0 Å². The molecule has 1 aromatic rings. The Kier molecular flexibility index (Phi) is 4.86. The summed E-state index contributed by atoms with van der Waals surface area (Å²) in [5, 5.41) is 5.83. The minimum absolute atomic E-state index is 0.750. The topological polar surface area (TPSA) is 12.0 Å². The molecule has 0 amide bonds. The van der Waals surface area contributed by atoms with Gasteiger partial charge in [-0.3, -0.25) is 0 Å². The summed E-state index contributed by atoms with van der Waals surface area (Å²) in [6.07, 6.45) is 6.62. The molecule has 1 fully saturated rings. The molecule has 1 aliphatic rings. The van der Waals surface area contributed by atoms with Crippen LogP contribution < -0.4 is 5.32 Å². The van der Waals surface area contributed by atoms with Gasteiger partial charge < -0.3 is 5.32 Å². The summed E-state index contributed by atoms with van der Waals surface area (Å²) in [6, 6.07) is 3.00. The van der Waals surface area contributed by atoms with Crippen LogP contribution in [0.25, 0.3) is 0 Å². The van der Waals surface area contributed by atoms with Crippen LogP contribution in [0.2, 0.25) is 0 Å². The van der Waals surface area contributed by atoms with Crippen LogP contribution >= 0.6 is 27.3 Å². The van der Waals surface area contributed by atoms with E-state index in [0.29, 0.717) is 0 Å². The molecule has 90 valence electrons. The molecular weight excluding hydrogens is 282 g/mol. The van der Waals surface area contributed by atoms with E-state index in [0.717, 1.165) is 12.0 Å². The van der Waals surface area contributed by atoms with Gasteiger partial charge in [0.15, 0.2) is 0 Å². The van der Waals surface area contributed by atoms with E-state index in [1.165, 1.54) is 48.0 Å². The van der Waals surface area contributed by atoms with E-state index in [9.17, 15) is 0 Å². The Labute approximate surface area is 111 Å². The van der Waals surface area contributed by atoms with Crippen molar-refractivity contribution in [3.05, 3.63) is 20.8 Å². The van der Waals surface area contributed by atoms with E-state index in [1.807, 2.05) is 11.3 Å². The smallest absolute Gasteiger partial charge is 0.0285 e. The minimum atomic E-state index is 0.750. The third kappa shape index (κ3) is 3.57. The zero-order valence-corrected chi connectivity index (χ0v) is 12.2. The van der Waals surface area contributed by atoms with Crippen LogP contribution in [-0.4, -0.2) is 12.6 Å². The summed E-state index contributed by atoms with van der Waals surface area (Å²) in [7, 11) is 0. The Hall–Kier alpha value is 0.140. The van der Waals surface area contributed by atoms with Gasteiger partial charge in [0, 0.05) is 20.8 Å². The van der Waals surface area contributed by atoms with Crippen LogP contribution in [0.4, 0.5) is 0 Å². The fourth-order valence-corrected chi connectivity index (χ4v) is 3.96. The van der Waals surface area contributed by atoms with Crippen molar-refractivity contribution in [2.24, 2.45) is 5.92 Å². The quantitative estimate of drug-likeness (QED) is 0.878. The van der Waals surface area contributed by atoms with E-state index in [4.69, 9.17) is 0 Å². The van der Waals surface area contributed by atoms with Gasteiger partial charge in [-0.2, -0.15) is 0 Å². The molecule has 1 saturated heterocycles. The van der Waals surface area contributed by atoms with Gasteiger partial charge in [-0.15, -0.1) is 11.3 Å². The second-order valence-electron chi connectivity index (χ2n) is 4.72. The number of rotatable bonds is 4.